The van der Waals surface area contributed by atoms with Gasteiger partial charge in [0.15, 0.2) is 5.82 Å². The van der Waals surface area contributed by atoms with Crippen LogP contribution in [0.25, 0.3) is 33.5 Å². The van der Waals surface area contributed by atoms with Crippen LogP contribution < -0.4 is 4.74 Å². The second-order valence-electron chi connectivity index (χ2n) is 14.5. The molecule has 1 fully saturated rings. The van der Waals surface area contributed by atoms with Crippen molar-refractivity contribution in [2.75, 3.05) is 20.1 Å². The zero-order valence-electron chi connectivity index (χ0n) is 28.8. The summed E-state index contributed by atoms with van der Waals surface area (Å²) in [6.07, 6.45) is 2.81. The second kappa shape index (κ2) is 12.3. The Bertz CT molecular complexity index is 2000. The summed E-state index contributed by atoms with van der Waals surface area (Å²) in [5.41, 5.74) is 6.21. The zero-order valence-corrected chi connectivity index (χ0v) is 28.8. The van der Waals surface area contributed by atoms with Gasteiger partial charge in [-0.1, -0.05) is 42.5 Å². The maximum atomic E-state index is 13.8. The number of carbonyl (C=O) groups excluding carboxylic acids is 2. The topological polar surface area (TPSA) is 81.8 Å². The van der Waals surface area contributed by atoms with Crippen molar-refractivity contribution in [3.8, 4) is 17.3 Å². The molecule has 48 heavy (non-hydrogen) atoms. The van der Waals surface area contributed by atoms with Crippen molar-refractivity contribution in [1.82, 2.24) is 23.9 Å². The van der Waals surface area contributed by atoms with Gasteiger partial charge in [-0.25, -0.2) is 9.78 Å². The van der Waals surface area contributed by atoms with Crippen molar-refractivity contribution in [2.45, 2.75) is 71.8 Å². The van der Waals surface area contributed by atoms with Crippen LogP contribution in [0.2, 0.25) is 0 Å². The first-order valence-corrected chi connectivity index (χ1v) is 17.0. The third kappa shape index (κ3) is 6.25. The quantitative estimate of drug-likeness (QED) is 0.166. The third-order valence-corrected chi connectivity index (χ3v) is 9.59. The number of amides is 2. The van der Waals surface area contributed by atoms with E-state index in [1.807, 2.05) is 56.9 Å². The number of para-hydroxylation sites is 1. The minimum absolute atomic E-state index is 0.0298. The summed E-state index contributed by atoms with van der Waals surface area (Å²) < 4.78 is 16.5. The van der Waals surface area contributed by atoms with Crippen LogP contribution in [-0.2, 0) is 31.4 Å². The van der Waals surface area contributed by atoms with Gasteiger partial charge in [-0.3, -0.25) is 4.79 Å². The lowest BCUT2D eigenvalue weighted by Crippen LogP contribution is -2.48. The number of ether oxygens (including phenoxy) is 2. The molecular formula is C39H45N5O4. The third-order valence-electron chi connectivity index (χ3n) is 9.59. The first-order chi connectivity index (χ1) is 23.0. The monoisotopic (exact) mass is 647 g/mol. The number of nitrogens with zero attached hydrogens (tertiary/aromatic N) is 5. The normalized spacial score (nSPS) is 15.5. The van der Waals surface area contributed by atoms with Crippen LogP contribution in [0.5, 0.6) is 5.75 Å². The van der Waals surface area contributed by atoms with E-state index >= 15 is 0 Å². The van der Waals surface area contributed by atoms with E-state index in [0.717, 1.165) is 63.3 Å². The SMILES string of the molecule is C[C@H](CN1CCc2cc3c(cc2C1=O)nc(-c1cc2cccc(OCc4ccccc4)c2n1CC1CC1)n3C)N(C)C(=O)OC(C)(C)C. The first-order valence-electron chi connectivity index (χ1n) is 17.0. The Balaban J connectivity index is 1.19. The first kappa shape index (κ1) is 31.8. The molecule has 7 rings (SSSR count). The molecule has 3 aromatic carbocycles. The minimum atomic E-state index is -0.581. The number of likely N-dealkylation sites (N-methyl/N-ethyl adjacent to an activating group) is 1. The molecule has 1 saturated carbocycles. The average molecular weight is 648 g/mol. The Kier molecular flexibility index (Phi) is 8.17. The summed E-state index contributed by atoms with van der Waals surface area (Å²) in [5.74, 6) is 2.35. The smallest absolute Gasteiger partial charge is 0.410 e. The summed E-state index contributed by atoms with van der Waals surface area (Å²) in [6.45, 7) is 9.93. The Morgan fingerprint density at radius 2 is 1.83 bits per heavy atom. The van der Waals surface area contributed by atoms with Crippen molar-refractivity contribution >= 4 is 33.9 Å². The van der Waals surface area contributed by atoms with Gasteiger partial charge >= 0.3 is 6.09 Å². The molecule has 3 heterocycles. The fraction of sp³-hybridized carbons (Fsp3) is 0.410. The van der Waals surface area contributed by atoms with Crippen LogP contribution in [-0.4, -0.2) is 67.7 Å². The lowest BCUT2D eigenvalue weighted by atomic mass is 9.97. The van der Waals surface area contributed by atoms with Crippen molar-refractivity contribution in [3.05, 3.63) is 83.4 Å². The fourth-order valence-electron chi connectivity index (χ4n) is 6.65. The van der Waals surface area contributed by atoms with Gasteiger partial charge in [0.25, 0.3) is 5.91 Å². The summed E-state index contributed by atoms with van der Waals surface area (Å²) in [4.78, 5) is 35.0. The number of aryl methyl sites for hydroxylation is 1. The Morgan fingerprint density at radius 1 is 1.06 bits per heavy atom. The van der Waals surface area contributed by atoms with E-state index in [0.29, 0.717) is 31.2 Å². The van der Waals surface area contributed by atoms with Crippen molar-refractivity contribution in [3.63, 3.8) is 0 Å². The predicted molar refractivity (Wildman–Crippen MR) is 188 cm³/mol. The van der Waals surface area contributed by atoms with Gasteiger partial charge in [-0.05, 0) is 88.3 Å². The highest BCUT2D eigenvalue weighted by molar-refractivity contribution is 6.01. The molecule has 1 aliphatic heterocycles. The number of hydrogen-bond acceptors (Lipinski definition) is 5. The van der Waals surface area contributed by atoms with Gasteiger partial charge in [0.05, 0.1) is 22.2 Å². The number of hydrogen-bond donors (Lipinski definition) is 0. The van der Waals surface area contributed by atoms with E-state index < -0.39 is 11.7 Å². The van der Waals surface area contributed by atoms with E-state index in [1.54, 1.807) is 11.9 Å². The molecule has 2 aliphatic rings. The minimum Gasteiger partial charge on any atom is -0.487 e. The Morgan fingerprint density at radius 3 is 2.56 bits per heavy atom. The number of aromatic nitrogens is 3. The molecule has 2 aromatic heterocycles. The maximum Gasteiger partial charge on any atom is 0.410 e. The number of benzene rings is 3. The van der Waals surface area contributed by atoms with E-state index in [-0.39, 0.29) is 11.9 Å². The molecule has 0 spiro atoms. The zero-order chi connectivity index (χ0) is 33.7. The highest BCUT2D eigenvalue weighted by Gasteiger charge is 2.31. The molecule has 0 N–H and O–H groups in total. The van der Waals surface area contributed by atoms with Crippen molar-refractivity contribution in [1.29, 1.82) is 0 Å². The summed E-state index contributed by atoms with van der Waals surface area (Å²) >= 11 is 0. The molecule has 250 valence electrons. The van der Waals surface area contributed by atoms with Gasteiger partial charge < -0.3 is 28.4 Å². The second-order valence-corrected chi connectivity index (χ2v) is 14.5. The average Bonchev–Trinajstić information content (AvgIpc) is 3.73. The van der Waals surface area contributed by atoms with Crippen LogP contribution in [0.4, 0.5) is 4.79 Å². The molecule has 0 radical (unpaired) electrons. The molecule has 0 unspecified atom stereocenters. The lowest BCUT2D eigenvalue weighted by Gasteiger charge is -2.34. The van der Waals surface area contributed by atoms with Gasteiger partial charge in [0.1, 0.15) is 18.0 Å². The molecule has 1 atom stereocenters. The number of carbonyl (C=O) groups is 2. The molecule has 5 aromatic rings. The van der Waals surface area contributed by atoms with E-state index in [4.69, 9.17) is 14.5 Å². The summed E-state index contributed by atoms with van der Waals surface area (Å²) in [5, 5.41) is 1.12. The number of rotatable bonds is 9. The van der Waals surface area contributed by atoms with Crippen LogP contribution in [0.1, 0.15) is 62.0 Å². The lowest BCUT2D eigenvalue weighted by molar-refractivity contribution is 0.0197. The van der Waals surface area contributed by atoms with Crippen molar-refractivity contribution < 1.29 is 19.1 Å². The highest BCUT2D eigenvalue weighted by atomic mass is 16.6. The van der Waals surface area contributed by atoms with E-state index in [9.17, 15) is 9.59 Å². The summed E-state index contributed by atoms with van der Waals surface area (Å²) in [7, 11) is 3.79. The van der Waals surface area contributed by atoms with Gasteiger partial charge in [-0.2, -0.15) is 0 Å². The molecular weight excluding hydrogens is 602 g/mol. The van der Waals surface area contributed by atoms with E-state index in [2.05, 4.69) is 58.6 Å². The molecule has 2 amide bonds. The fourth-order valence-corrected chi connectivity index (χ4v) is 6.65. The van der Waals surface area contributed by atoms with Crippen molar-refractivity contribution in [2.24, 2.45) is 13.0 Å². The Labute approximate surface area is 282 Å². The largest absolute Gasteiger partial charge is 0.487 e. The van der Waals surface area contributed by atoms with Gasteiger partial charge in [0, 0.05) is 50.7 Å². The van der Waals surface area contributed by atoms with Gasteiger partial charge in [0.2, 0.25) is 0 Å². The van der Waals surface area contributed by atoms with Gasteiger partial charge in [-0.15, -0.1) is 0 Å². The number of imidazole rings is 1. The predicted octanol–water partition coefficient (Wildman–Crippen LogP) is 7.44. The Hall–Kier alpha value is -4.79. The van der Waals surface area contributed by atoms with Crippen LogP contribution in [0.3, 0.4) is 0 Å². The molecule has 0 saturated heterocycles. The molecule has 1 aliphatic carbocycles. The molecule has 9 heteroatoms. The van der Waals surface area contributed by atoms with Crippen LogP contribution in [0, 0.1) is 5.92 Å². The number of fused-ring (bicyclic) bond motifs is 3. The summed E-state index contributed by atoms with van der Waals surface area (Å²) in [6, 6.07) is 22.6. The van der Waals surface area contributed by atoms with Crippen LogP contribution >= 0.6 is 0 Å². The maximum absolute atomic E-state index is 13.8. The standard InChI is InChI=1S/C39H45N5O4/c1-25(41(5)38(46)48-39(2,3)4)22-43-18-17-28-19-32-31(21-30(28)37(43)45)40-36(42(32)6)33-20-29-13-10-14-34(35(29)44(33)23-26-15-16-26)47-24-27-11-8-7-9-12-27/h7-14,19-21,25-26H,15-18,22-24H2,1-6H3/t25-/m1/s1. The highest BCUT2D eigenvalue weighted by Crippen LogP contribution is 2.39. The van der Waals surface area contributed by atoms with E-state index in [1.165, 1.54) is 12.8 Å². The molecule has 0 bridgehead atoms. The molecule has 9 nitrogen and oxygen atoms in total. The van der Waals surface area contributed by atoms with Crippen LogP contribution in [0.15, 0.2) is 66.7 Å².